The number of carbonyl (C=O) groups excluding carboxylic acids is 1. The number of carbonyl (C=O) groups is 1. The maximum atomic E-state index is 12.9. The largest absolute Gasteiger partial charge is 0.497 e. The molecule has 11 heteroatoms. The lowest BCUT2D eigenvalue weighted by Gasteiger charge is -2.07. The molecule has 3 aromatic carbocycles. The maximum absolute atomic E-state index is 12.9. The van der Waals surface area contributed by atoms with E-state index in [4.69, 9.17) is 4.74 Å². The molecule has 0 aliphatic heterocycles. The number of halogens is 2. The van der Waals surface area contributed by atoms with Gasteiger partial charge in [-0.15, -0.1) is 0 Å². The average Bonchev–Trinajstić information content (AvgIpc) is 3.18. The second-order valence-electron chi connectivity index (χ2n) is 7.16. The number of hydrogen-bond donors (Lipinski definition) is 1. The van der Waals surface area contributed by atoms with Gasteiger partial charge in [0.1, 0.15) is 11.5 Å². The number of rotatable bonds is 8. The zero-order valence-corrected chi connectivity index (χ0v) is 18.6. The van der Waals surface area contributed by atoms with E-state index in [1.165, 1.54) is 42.1 Å². The zero-order valence-electron chi connectivity index (χ0n) is 17.8. The van der Waals surface area contributed by atoms with Crippen molar-refractivity contribution in [2.45, 2.75) is 18.1 Å². The molecule has 0 fully saturated rings. The molecule has 4 rings (SSSR count). The highest BCUT2D eigenvalue weighted by atomic mass is 32.2. The Kier molecular flexibility index (Phi) is 6.46. The molecule has 0 saturated heterocycles. The minimum Gasteiger partial charge on any atom is -0.497 e. The fraction of sp³-hybridized carbons (Fsp3) is 0.130. The molecular formula is C23H19F2N3O5S. The number of nitrogens with zero attached hydrogens (tertiary/aromatic N) is 2. The number of hydrogen-bond acceptors (Lipinski definition) is 6. The Balaban J connectivity index is 1.62. The van der Waals surface area contributed by atoms with E-state index < -0.39 is 22.5 Å². The first kappa shape index (κ1) is 23.2. The van der Waals surface area contributed by atoms with Gasteiger partial charge in [-0.3, -0.25) is 9.48 Å². The summed E-state index contributed by atoms with van der Waals surface area (Å²) in [5, 5.41) is 4.79. The van der Waals surface area contributed by atoms with Gasteiger partial charge in [-0.25, -0.2) is 13.1 Å². The minimum absolute atomic E-state index is 0.0203. The van der Waals surface area contributed by atoms with Gasteiger partial charge in [-0.05, 0) is 35.9 Å². The summed E-state index contributed by atoms with van der Waals surface area (Å²) in [6.45, 7) is -2.71. The lowest BCUT2D eigenvalue weighted by Crippen LogP contribution is -2.31. The molecule has 0 bridgehead atoms. The highest BCUT2D eigenvalue weighted by molar-refractivity contribution is 7.90. The van der Waals surface area contributed by atoms with Crippen LogP contribution in [0.25, 0.3) is 10.9 Å². The summed E-state index contributed by atoms with van der Waals surface area (Å²) in [6, 6.07) is 18.6. The van der Waals surface area contributed by atoms with Crippen molar-refractivity contribution >= 4 is 26.8 Å². The van der Waals surface area contributed by atoms with Crippen molar-refractivity contribution in [3.05, 3.63) is 84.1 Å². The van der Waals surface area contributed by atoms with E-state index in [1.54, 1.807) is 42.5 Å². The number of benzene rings is 3. The van der Waals surface area contributed by atoms with Crippen LogP contribution in [0.5, 0.6) is 11.5 Å². The van der Waals surface area contributed by atoms with Gasteiger partial charge in [0.25, 0.3) is 15.9 Å². The van der Waals surface area contributed by atoms with E-state index in [0.29, 0.717) is 22.2 Å². The predicted octanol–water partition coefficient (Wildman–Crippen LogP) is 3.81. The van der Waals surface area contributed by atoms with Gasteiger partial charge < -0.3 is 9.47 Å². The fourth-order valence-corrected chi connectivity index (χ4v) is 4.35. The highest BCUT2D eigenvalue weighted by Crippen LogP contribution is 2.22. The molecule has 1 aromatic heterocycles. The summed E-state index contributed by atoms with van der Waals surface area (Å²) in [6.07, 6.45) is 0. The summed E-state index contributed by atoms with van der Waals surface area (Å²) in [7, 11) is -2.77. The van der Waals surface area contributed by atoms with Gasteiger partial charge in [-0.2, -0.15) is 13.9 Å². The van der Waals surface area contributed by atoms with E-state index in [2.05, 4.69) is 9.84 Å². The molecule has 0 aliphatic carbocycles. The van der Waals surface area contributed by atoms with Crippen LogP contribution >= 0.6 is 0 Å². The number of para-hydroxylation sites is 1. The van der Waals surface area contributed by atoms with E-state index in [9.17, 15) is 22.0 Å². The lowest BCUT2D eigenvalue weighted by molar-refractivity contribution is -0.0498. The Bertz CT molecular complexity index is 1440. The normalized spacial score (nSPS) is 11.5. The summed E-state index contributed by atoms with van der Waals surface area (Å²) < 4.78 is 63.2. The van der Waals surface area contributed by atoms with Crippen LogP contribution in [0.1, 0.15) is 16.1 Å². The number of alkyl halides is 2. The van der Waals surface area contributed by atoms with Crippen LogP contribution in [0.3, 0.4) is 0 Å². The highest BCUT2D eigenvalue weighted by Gasteiger charge is 2.24. The van der Waals surface area contributed by atoms with Crippen LogP contribution in [0.4, 0.5) is 8.78 Å². The molecule has 4 aromatic rings. The summed E-state index contributed by atoms with van der Waals surface area (Å²) in [5.74, 6) is -0.541. The van der Waals surface area contributed by atoms with Crippen LogP contribution in [0.2, 0.25) is 0 Å². The van der Waals surface area contributed by atoms with E-state index in [1.807, 2.05) is 4.72 Å². The monoisotopic (exact) mass is 487 g/mol. The number of aromatic nitrogens is 2. The summed E-state index contributed by atoms with van der Waals surface area (Å²) in [4.78, 5) is 12.8. The van der Waals surface area contributed by atoms with Crippen molar-refractivity contribution in [3.8, 4) is 11.5 Å². The first-order valence-corrected chi connectivity index (χ1v) is 11.5. The van der Waals surface area contributed by atoms with Gasteiger partial charge in [0, 0.05) is 11.5 Å². The van der Waals surface area contributed by atoms with Crippen molar-refractivity contribution in [1.82, 2.24) is 14.5 Å². The molecule has 0 unspecified atom stereocenters. The minimum atomic E-state index is -4.18. The van der Waals surface area contributed by atoms with Crippen LogP contribution in [-0.4, -0.2) is 37.8 Å². The lowest BCUT2D eigenvalue weighted by atomic mass is 10.2. The zero-order chi connectivity index (χ0) is 24.3. The van der Waals surface area contributed by atoms with Crippen molar-refractivity contribution in [1.29, 1.82) is 0 Å². The molecule has 1 N–H and O–H groups in total. The van der Waals surface area contributed by atoms with Gasteiger partial charge in [0.2, 0.25) is 0 Å². The maximum Gasteiger partial charge on any atom is 0.387 e. The van der Waals surface area contributed by atoms with Crippen molar-refractivity contribution in [2.75, 3.05) is 7.11 Å². The van der Waals surface area contributed by atoms with Crippen LogP contribution < -0.4 is 14.2 Å². The first-order valence-electron chi connectivity index (χ1n) is 9.97. The molecule has 1 heterocycles. The smallest absolute Gasteiger partial charge is 0.387 e. The van der Waals surface area contributed by atoms with Crippen LogP contribution in [0, 0.1) is 0 Å². The second kappa shape index (κ2) is 9.48. The predicted molar refractivity (Wildman–Crippen MR) is 120 cm³/mol. The summed E-state index contributed by atoms with van der Waals surface area (Å²) >= 11 is 0. The second-order valence-corrected chi connectivity index (χ2v) is 8.84. The Morgan fingerprint density at radius 3 is 2.47 bits per heavy atom. The number of nitrogens with one attached hydrogen (secondary N) is 1. The van der Waals surface area contributed by atoms with Gasteiger partial charge >= 0.3 is 6.61 Å². The molecule has 0 spiro atoms. The van der Waals surface area contributed by atoms with Crippen LogP contribution in [0.15, 0.2) is 77.7 Å². The van der Waals surface area contributed by atoms with E-state index >= 15 is 0 Å². The Labute approximate surface area is 193 Å². The molecule has 8 nitrogen and oxygen atoms in total. The number of amides is 1. The molecule has 0 atom stereocenters. The van der Waals surface area contributed by atoms with Crippen molar-refractivity contribution in [3.63, 3.8) is 0 Å². The molecule has 0 radical (unpaired) electrons. The number of ether oxygens (including phenoxy) is 2. The Morgan fingerprint density at radius 1 is 1.03 bits per heavy atom. The van der Waals surface area contributed by atoms with Gasteiger partial charge in [0.05, 0.1) is 24.1 Å². The quantitative estimate of drug-likeness (QED) is 0.406. The third-order valence-electron chi connectivity index (χ3n) is 4.93. The SMILES string of the molecule is COc1cccc(S(=O)(=O)NC(=O)c2nn(Cc3ccc(OC(F)F)cc3)c3ccccc23)c1. The van der Waals surface area contributed by atoms with Crippen molar-refractivity contribution < 1.29 is 31.5 Å². The topological polar surface area (TPSA) is 99.5 Å². The van der Waals surface area contributed by atoms with Crippen molar-refractivity contribution in [2.24, 2.45) is 0 Å². The van der Waals surface area contributed by atoms with Gasteiger partial charge in [0.15, 0.2) is 5.69 Å². The Morgan fingerprint density at radius 2 is 1.76 bits per heavy atom. The van der Waals surface area contributed by atoms with E-state index in [0.717, 1.165) is 0 Å². The molecule has 34 heavy (non-hydrogen) atoms. The standard InChI is InChI=1S/C23H19F2N3O5S/c1-32-17-5-4-6-18(13-17)34(30,31)27-22(29)21-19-7-2-3-8-20(19)28(26-21)14-15-9-11-16(12-10-15)33-23(24)25/h2-13,23H,14H2,1H3,(H,27,29). The molecular weight excluding hydrogens is 468 g/mol. The number of fused-ring (bicyclic) bond motifs is 1. The Hall–Kier alpha value is -3.99. The number of sulfonamides is 1. The van der Waals surface area contributed by atoms with E-state index in [-0.39, 0.29) is 22.9 Å². The summed E-state index contributed by atoms with van der Waals surface area (Å²) in [5.41, 5.74) is 1.24. The molecule has 0 saturated carbocycles. The number of methoxy groups -OCH3 is 1. The first-order chi connectivity index (χ1) is 16.3. The van der Waals surface area contributed by atoms with Gasteiger partial charge in [-0.1, -0.05) is 36.4 Å². The fourth-order valence-electron chi connectivity index (χ4n) is 3.36. The van der Waals surface area contributed by atoms with Crippen LogP contribution in [-0.2, 0) is 16.6 Å². The average molecular weight is 487 g/mol. The molecule has 176 valence electrons. The third-order valence-corrected chi connectivity index (χ3v) is 6.26. The molecule has 1 amide bonds. The molecule has 0 aliphatic rings. The third kappa shape index (κ3) is 4.99.